The van der Waals surface area contributed by atoms with E-state index in [1.54, 1.807) is 0 Å². The molecule has 0 bridgehead atoms. The van der Waals surface area contributed by atoms with E-state index in [0.29, 0.717) is 5.88 Å². The third-order valence-electron chi connectivity index (χ3n) is 4.68. The number of hydrogen-bond donors (Lipinski definition) is 0. The Bertz CT molecular complexity index is 618. The summed E-state index contributed by atoms with van der Waals surface area (Å²) < 4.78 is 5.93. The van der Waals surface area contributed by atoms with Crippen LogP contribution >= 0.6 is 11.6 Å². The van der Waals surface area contributed by atoms with Gasteiger partial charge in [-0.15, -0.1) is 11.6 Å². The van der Waals surface area contributed by atoms with Crippen molar-refractivity contribution >= 4 is 11.6 Å². The third-order valence-corrected chi connectivity index (χ3v) is 4.97. The summed E-state index contributed by atoms with van der Waals surface area (Å²) in [5, 5.41) is 0. The van der Waals surface area contributed by atoms with Crippen LogP contribution in [0.1, 0.15) is 52.0 Å². The van der Waals surface area contributed by atoms with E-state index in [9.17, 15) is 0 Å². The van der Waals surface area contributed by atoms with Crippen LogP contribution in [0.15, 0.2) is 48.5 Å². The van der Waals surface area contributed by atoms with Crippen LogP contribution in [0.25, 0.3) is 11.1 Å². The maximum Gasteiger partial charge on any atom is 0.119 e. The average molecular weight is 359 g/mol. The van der Waals surface area contributed by atoms with Crippen LogP contribution in [0, 0.1) is 11.8 Å². The second-order valence-electron chi connectivity index (χ2n) is 7.38. The lowest BCUT2D eigenvalue weighted by molar-refractivity contribution is 0.276. The molecule has 0 heterocycles. The minimum absolute atomic E-state index is 0.531. The van der Waals surface area contributed by atoms with Gasteiger partial charge in [0.15, 0.2) is 0 Å². The monoisotopic (exact) mass is 358 g/mol. The van der Waals surface area contributed by atoms with Gasteiger partial charge in [0.2, 0.25) is 0 Å². The van der Waals surface area contributed by atoms with E-state index in [1.807, 2.05) is 6.07 Å². The quantitative estimate of drug-likeness (QED) is 0.404. The van der Waals surface area contributed by atoms with E-state index in [0.717, 1.165) is 36.2 Å². The zero-order valence-electron chi connectivity index (χ0n) is 15.8. The van der Waals surface area contributed by atoms with E-state index in [4.69, 9.17) is 16.3 Å². The predicted octanol–water partition coefficient (Wildman–Crippen LogP) is 7.32. The first-order chi connectivity index (χ1) is 12.1. The Labute approximate surface area is 158 Å². The predicted molar refractivity (Wildman–Crippen MR) is 109 cm³/mol. The molecule has 2 heteroatoms. The molecule has 0 aliphatic carbocycles. The van der Waals surface area contributed by atoms with Crippen LogP contribution in [0.3, 0.4) is 0 Å². The molecular formula is C23H31ClO. The van der Waals surface area contributed by atoms with Crippen molar-refractivity contribution in [3.63, 3.8) is 0 Å². The van der Waals surface area contributed by atoms with Crippen LogP contribution in [-0.4, -0.2) is 6.61 Å². The molecule has 1 nitrogen and oxygen atoms in total. The van der Waals surface area contributed by atoms with Crippen molar-refractivity contribution in [3.8, 4) is 16.9 Å². The summed E-state index contributed by atoms with van der Waals surface area (Å²) in [6.07, 6.45) is 5.08. The van der Waals surface area contributed by atoms with Crippen molar-refractivity contribution < 1.29 is 4.74 Å². The number of ether oxygens (including phenoxy) is 1. The van der Waals surface area contributed by atoms with Gasteiger partial charge in [0.25, 0.3) is 0 Å². The number of benzene rings is 2. The van der Waals surface area contributed by atoms with Gasteiger partial charge in [0, 0.05) is 5.88 Å². The molecule has 0 aliphatic rings. The van der Waals surface area contributed by atoms with Crippen molar-refractivity contribution in [2.24, 2.45) is 11.8 Å². The van der Waals surface area contributed by atoms with Gasteiger partial charge in [-0.3, -0.25) is 0 Å². The summed E-state index contributed by atoms with van der Waals surface area (Å²) in [6, 6.07) is 16.6. The molecule has 0 aromatic heterocycles. The first-order valence-electron chi connectivity index (χ1n) is 9.47. The lowest BCUT2D eigenvalue weighted by Crippen LogP contribution is -2.04. The maximum atomic E-state index is 6.04. The first-order valence-corrected chi connectivity index (χ1v) is 10.0. The number of rotatable bonds is 10. The molecule has 2 rings (SSSR count). The Balaban J connectivity index is 1.81. The minimum Gasteiger partial charge on any atom is -0.494 e. The van der Waals surface area contributed by atoms with Crippen molar-refractivity contribution in [2.75, 3.05) is 6.61 Å². The fraction of sp³-hybridized carbons (Fsp3) is 0.478. The zero-order chi connectivity index (χ0) is 18.1. The van der Waals surface area contributed by atoms with Crippen LogP contribution < -0.4 is 4.74 Å². The third kappa shape index (κ3) is 6.74. The summed E-state index contributed by atoms with van der Waals surface area (Å²) >= 11 is 6.04. The molecule has 0 saturated heterocycles. The Morgan fingerprint density at radius 3 is 2.28 bits per heavy atom. The molecule has 0 spiro atoms. The van der Waals surface area contributed by atoms with Crippen LogP contribution in [-0.2, 0) is 5.88 Å². The van der Waals surface area contributed by atoms with Crippen LogP contribution in [0.2, 0.25) is 0 Å². The fourth-order valence-electron chi connectivity index (χ4n) is 3.05. The van der Waals surface area contributed by atoms with E-state index in [2.05, 4.69) is 63.2 Å². The van der Waals surface area contributed by atoms with Gasteiger partial charge in [0.05, 0.1) is 6.61 Å². The van der Waals surface area contributed by atoms with E-state index < -0.39 is 0 Å². The lowest BCUT2D eigenvalue weighted by Gasteiger charge is -2.13. The number of alkyl halides is 1. The topological polar surface area (TPSA) is 9.23 Å². The highest BCUT2D eigenvalue weighted by Gasteiger charge is 2.06. The van der Waals surface area contributed by atoms with E-state index in [-0.39, 0.29) is 0 Å². The number of halogens is 1. The SMILES string of the molecule is CC(C)CCCC(C)CCOc1ccc(-c2ccccc2CCl)cc1. The summed E-state index contributed by atoms with van der Waals surface area (Å²) in [4.78, 5) is 0. The highest BCUT2D eigenvalue weighted by atomic mass is 35.5. The van der Waals surface area contributed by atoms with Gasteiger partial charge in [-0.25, -0.2) is 0 Å². The second kappa shape index (κ2) is 10.5. The van der Waals surface area contributed by atoms with E-state index in [1.165, 1.54) is 30.4 Å². The highest BCUT2D eigenvalue weighted by Crippen LogP contribution is 2.27. The molecular weight excluding hydrogens is 328 g/mol. The Morgan fingerprint density at radius 1 is 0.880 bits per heavy atom. The largest absolute Gasteiger partial charge is 0.494 e. The molecule has 0 fully saturated rings. The van der Waals surface area contributed by atoms with Crippen molar-refractivity contribution in [2.45, 2.75) is 52.3 Å². The van der Waals surface area contributed by atoms with Gasteiger partial charge < -0.3 is 4.74 Å². The highest BCUT2D eigenvalue weighted by molar-refractivity contribution is 6.17. The van der Waals surface area contributed by atoms with Crippen molar-refractivity contribution in [1.29, 1.82) is 0 Å². The molecule has 25 heavy (non-hydrogen) atoms. The Kier molecular flexibility index (Phi) is 8.34. The molecule has 136 valence electrons. The molecule has 0 saturated carbocycles. The summed E-state index contributed by atoms with van der Waals surface area (Å²) in [5.74, 6) is 3.02. The van der Waals surface area contributed by atoms with Gasteiger partial charge in [0.1, 0.15) is 5.75 Å². The molecule has 2 aromatic rings. The molecule has 2 aromatic carbocycles. The fourth-order valence-corrected chi connectivity index (χ4v) is 3.28. The molecule has 1 unspecified atom stereocenters. The van der Waals surface area contributed by atoms with Gasteiger partial charge >= 0.3 is 0 Å². The summed E-state index contributed by atoms with van der Waals surface area (Å²) in [5.41, 5.74) is 3.54. The van der Waals surface area contributed by atoms with Crippen molar-refractivity contribution in [1.82, 2.24) is 0 Å². The average Bonchev–Trinajstić information content (AvgIpc) is 2.62. The molecule has 1 atom stereocenters. The molecule has 0 aliphatic heterocycles. The molecule has 0 amide bonds. The normalized spacial score (nSPS) is 12.4. The zero-order valence-corrected chi connectivity index (χ0v) is 16.6. The van der Waals surface area contributed by atoms with Crippen molar-refractivity contribution in [3.05, 3.63) is 54.1 Å². The summed E-state index contributed by atoms with van der Waals surface area (Å²) in [6.45, 7) is 7.71. The van der Waals surface area contributed by atoms with Gasteiger partial charge in [-0.05, 0) is 47.1 Å². The molecule has 0 N–H and O–H groups in total. The maximum absolute atomic E-state index is 6.04. The van der Waals surface area contributed by atoms with Crippen LogP contribution in [0.4, 0.5) is 0 Å². The van der Waals surface area contributed by atoms with Crippen LogP contribution in [0.5, 0.6) is 5.75 Å². The van der Waals surface area contributed by atoms with Gasteiger partial charge in [-0.2, -0.15) is 0 Å². The number of hydrogen-bond acceptors (Lipinski definition) is 1. The molecule has 0 radical (unpaired) electrons. The Hall–Kier alpha value is -1.47. The smallest absolute Gasteiger partial charge is 0.119 e. The first kappa shape index (κ1) is 19.8. The lowest BCUT2D eigenvalue weighted by atomic mass is 9.98. The summed E-state index contributed by atoms with van der Waals surface area (Å²) in [7, 11) is 0. The van der Waals surface area contributed by atoms with Gasteiger partial charge in [-0.1, -0.05) is 76.4 Å². The standard InChI is InChI=1S/C23H31ClO/c1-18(2)7-6-8-19(3)15-16-25-22-13-11-20(12-14-22)23-10-5-4-9-21(23)17-24/h4-5,9-14,18-19H,6-8,15-17H2,1-3H3. The Morgan fingerprint density at radius 2 is 1.60 bits per heavy atom. The second-order valence-corrected chi connectivity index (χ2v) is 7.65. The van der Waals surface area contributed by atoms with E-state index >= 15 is 0 Å². The minimum atomic E-state index is 0.531.